The molecule has 1 aromatic heterocycles. The van der Waals surface area contributed by atoms with E-state index < -0.39 is 0 Å². The van der Waals surface area contributed by atoms with Crippen molar-refractivity contribution in [2.75, 3.05) is 6.61 Å². The lowest BCUT2D eigenvalue weighted by Gasteiger charge is -2.05. The maximum absolute atomic E-state index is 12.5. The van der Waals surface area contributed by atoms with Crippen LogP contribution in [0.4, 0.5) is 0 Å². The number of hydrogen-bond acceptors (Lipinski definition) is 4. The Morgan fingerprint density at radius 3 is 2.73 bits per heavy atom. The van der Waals surface area contributed by atoms with Crippen LogP contribution in [0, 0.1) is 0 Å². The summed E-state index contributed by atoms with van der Waals surface area (Å²) in [6.07, 6.45) is 2.29. The predicted octanol–water partition coefficient (Wildman–Crippen LogP) is 4.32. The molecule has 0 aliphatic heterocycles. The molecule has 6 heteroatoms. The first-order valence-electron chi connectivity index (χ1n) is 9.80. The molecule has 0 spiro atoms. The van der Waals surface area contributed by atoms with Crippen LogP contribution >= 0.6 is 0 Å². The fourth-order valence-electron chi connectivity index (χ4n) is 3.18. The van der Waals surface area contributed by atoms with Crippen LogP contribution in [0.5, 0.6) is 5.75 Å². The summed E-state index contributed by atoms with van der Waals surface area (Å²) in [5.41, 5.74) is 6.70. The van der Waals surface area contributed by atoms with Gasteiger partial charge >= 0.3 is 0 Å². The zero-order valence-corrected chi connectivity index (χ0v) is 16.6. The van der Waals surface area contributed by atoms with Gasteiger partial charge < -0.3 is 9.72 Å². The number of carbonyl (C=O) groups is 1. The van der Waals surface area contributed by atoms with Crippen molar-refractivity contribution in [1.82, 2.24) is 15.4 Å². The zero-order valence-electron chi connectivity index (χ0n) is 16.6. The first-order valence-corrected chi connectivity index (χ1v) is 9.80. The highest BCUT2D eigenvalue weighted by Gasteiger charge is 2.09. The molecule has 1 amide bonds. The van der Waals surface area contributed by atoms with E-state index in [-0.39, 0.29) is 5.91 Å². The van der Waals surface area contributed by atoms with Gasteiger partial charge in [-0.3, -0.25) is 4.79 Å². The molecule has 0 saturated carbocycles. The second-order valence-electron chi connectivity index (χ2n) is 6.75. The number of fused-ring (bicyclic) bond motifs is 1. The first-order chi connectivity index (χ1) is 14.7. The molecular formula is C24H22N4O2. The fraction of sp³-hybridized carbons (Fsp3) is 0.125. The van der Waals surface area contributed by atoms with E-state index in [0.29, 0.717) is 18.6 Å². The zero-order chi connectivity index (χ0) is 20.8. The van der Waals surface area contributed by atoms with Gasteiger partial charge in [0.2, 0.25) is 0 Å². The Hall–Kier alpha value is -3.93. The Morgan fingerprint density at radius 1 is 1.10 bits per heavy atom. The number of hydrazone groups is 1. The summed E-state index contributed by atoms with van der Waals surface area (Å²) in [5, 5.41) is 4.07. The smallest absolute Gasteiger partial charge is 0.271 e. The monoisotopic (exact) mass is 398 g/mol. The van der Waals surface area contributed by atoms with E-state index in [4.69, 9.17) is 4.74 Å². The number of nitrogens with zero attached hydrogens (tertiary/aromatic N) is 2. The standard InChI is InChI=1S/C24H22N4O2/c1-2-30-22-11-7-6-10-19(22)16-25-28-24(29)18-12-13-20-21(15-18)27-23(26-20)14-17-8-4-3-5-9-17/h3-13,15-16H,2,14H2,1H3,(H,26,27)(H,28,29)/b25-16-. The molecule has 0 radical (unpaired) electrons. The molecule has 150 valence electrons. The number of aromatic amines is 1. The summed E-state index contributed by atoms with van der Waals surface area (Å²) in [5.74, 6) is 1.29. The van der Waals surface area contributed by atoms with Gasteiger partial charge in [-0.1, -0.05) is 42.5 Å². The van der Waals surface area contributed by atoms with Crippen LogP contribution in [0.2, 0.25) is 0 Å². The molecule has 0 bridgehead atoms. The van der Waals surface area contributed by atoms with E-state index in [1.54, 1.807) is 18.3 Å². The van der Waals surface area contributed by atoms with E-state index in [1.165, 1.54) is 5.56 Å². The molecule has 6 nitrogen and oxygen atoms in total. The molecule has 4 aromatic rings. The number of amides is 1. The Labute approximate surface area is 174 Å². The number of para-hydroxylation sites is 1. The van der Waals surface area contributed by atoms with Crippen molar-refractivity contribution in [2.45, 2.75) is 13.3 Å². The number of imidazole rings is 1. The summed E-state index contributed by atoms with van der Waals surface area (Å²) in [7, 11) is 0. The highest BCUT2D eigenvalue weighted by atomic mass is 16.5. The largest absolute Gasteiger partial charge is 0.493 e. The van der Waals surface area contributed by atoms with Crippen LogP contribution in [0.25, 0.3) is 11.0 Å². The van der Waals surface area contributed by atoms with E-state index in [0.717, 1.165) is 28.2 Å². The van der Waals surface area contributed by atoms with Gasteiger partial charge in [0.1, 0.15) is 11.6 Å². The highest BCUT2D eigenvalue weighted by Crippen LogP contribution is 2.17. The van der Waals surface area contributed by atoms with Crippen LogP contribution in [0.3, 0.4) is 0 Å². The maximum Gasteiger partial charge on any atom is 0.271 e. The van der Waals surface area contributed by atoms with Gasteiger partial charge in [0, 0.05) is 17.5 Å². The van der Waals surface area contributed by atoms with Crippen LogP contribution < -0.4 is 10.2 Å². The molecule has 30 heavy (non-hydrogen) atoms. The molecule has 2 N–H and O–H groups in total. The third kappa shape index (κ3) is 4.55. The van der Waals surface area contributed by atoms with Gasteiger partial charge in [0.15, 0.2) is 0 Å². The molecule has 3 aromatic carbocycles. The molecule has 0 aliphatic carbocycles. The van der Waals surface area contributed by atoms with E-state index in [2.05, 4.69) is 32.6 Å². The number of benzene rings is 3. The van der Waals surface area contributed by atoms with Crippen LogP contribution in [-0.2, 0) is 6.42 Å². The lowest BCUT2D eigenvalue weighted by Crippen LogP contribution is -2.17. The minimum Gasteiger partial charge on any atom is -0.493 e. The molecule has 0 saturated heterocycles. The average Bonchev–Trinajstić information content (AvgIpc) is 3.17. The van der Waals surface area contributed by atoms with Gasteiger partial charge in [-0.05, 0) is 42.8 Å². The van der Waals surface area contributed by atoms with Crippen LogP contribution in [0.1, 0.15) is 34.2 Å². The Bertz CT molecular complexity index is 1180. The lowest BCUT2D eigenvalue weighted by atomic mass is 10.1. The summed E-state index contributed by atoms with van der Waals surface area (Å²) in [6, 6.07) is 23.0. The quantitative estimate of drug-likeness (QED) is 0.359. The number of rotatable bonds is 7. The van der Waals surface area contributed by atoms with E-state index >= 15 is 0 Å². The lowest BCUT2D eigenvalue weighted by molar-refractivity contribution is 0.0955. The average molecular weight is 398 g/mol. The molecule has 4 rings (SSSR count). The third-order valence-electron chi connectivity index (χ3n) is 4.60. The highest BCUT2D eigenvalue weighted by molar-refractivity contribution is 5.98. The van der Waals surface area contributed by atoms with Crippen molar-refractivity contribution in [1.29, 1.82) is 0 Å². The summed E-state index contributed by atoms with van der Waals surface area (Å²) >= 11 is 0. The fourth-order valence-corrected chi connectivity index (χ4v) is 3.18. The summed E-state index contributed by atoms with van der Waals surface area (Å²) in [4.78, 5) is 20.4. The first kappa shape index (κ1) is 19.4. The van der Waals surface area contributed by atoms with Crippen molar-refractivity contribution >= 4 is 23.2 Å². The molecule has 1 heterocycles. The number of ether oxygens (including phenoxy) is 1. The summed E-state index contributed by atoms with van der Waals surface area (Å²) < 4.78 is 5.56. The van der Waals surface area contributed by atoms with Crippen LogP contribution in [0.15, 0.2) is 77.9 Å². The van der Waals surface area contributed by atoms with Gasteiger partial charge in [-0.25, -0.2) is 10.4 Å². The molecule has 0 aliphatic rings. The maximum atomic E-state index is 12.5. The van der Waals surface area contributed by atoms with E-state index in [9.17, 15) is 4.79 Å². The van der Waals surface area contributed by atoms with Crippen molar-refractivity contribution in [3.8, 4) is 5.75 Å². The van der Waals surface area contributed by atoms with Gasteiger partial charge in [0.25, 0.3) is 5.91 Å². The number of carbonyl (C=O) groups excluding carboxylic acids is 1. The second-order valence-corrected chi connectivity index (χ2v) is 6.75. The Balaban J connectivity index is 1.46. The van der Waals surface area contributed by atoms with Crippen molar-refractivity contribution < 1.29 is 9.53 Å². The summed E-state index contributed by atoms with van der Waals surface area (Å²) in [6.45, 7) is 2.49. The van der Waals surface area contributed by atoms with Gasteiger partial charge in [0.05, 0.1) is 23.9 Å². The minimum absolute atomic E-state index is 0.291. The molecule has 0 atom stereocenters. The second kappa shape index (κ2) is 9.05. The molecule has 0 fully saturated rings. The van der Waals surface area contributed by atoms with Crippen LogP contribution in [-0.4, -0.2) is 28.7 Å². The Kier molecular flexibility index (Phi) is 5.85. The Morgan fingerprint density at radius 2 is 1.90 bits per heavy atom. The van der Waals surface area contributed by atoms with E-state index in [1.807, 2.05) is 55.5 Å². The molecular weight excluding hydrogens is 376 g/mol. The number of hydrogen-bond donors (Lipinski definition) is 2. The predicted molar refractivity (Wildman–Crippen MR) is 118 cm³/mol. The van der Waals surface area contributed by atoms with Crippen molar-refractivity contribution in [3.63, 3.8) is 0 Å². The normalized spacial score (nSPS) is 11.1. The molecule has 0 unspecified atom stereocenters. The minimum atomic E-state index is -0.291. The number of aromatic nitrogens is 2. The number of nitrogens with one attached hydrogen (secondary N) is 2. The van der Waals surface area contributed by atoms with Gasteiger partial charge in [-0.15, -0.1) is 0 Å². The SMILES string of the molecule is CCOc1ccccc1/C=N\NC(=O)c1ccc2nc(Cc3ccccc3)[nH]c2c1. The van der Waals surface area contributed by atoms with Crippen molar-refractivity contribution in [2.24, 2.45) is 5.10 Å². The van der Waals surface area contributed by atoms with Gasteiger partial charge in [-0.2, -0.15) is 5.10 Å². The topological polar surface area (TPSA) is 79.4 Å². The number of H-pyrrole nitrogens is 1. The third-order valence-corrected chi connectivity index (χ3v) is 4.60. The van der Waals surface area contributed by atoms with Crippen molar-refractivity contribution in [3.05, 3.63) is 95.3 Å².